The second kappa shape index (κ2) is 8.45. The molecule has 3 heterocycles. The van der Waals surface area contributed by atoms with Crippen LogP contribution in [0, 0.1) is 18.6 Å². The van der Waals surface area contributed by atoms with Crippen LogP contribution in [0.1, 0.15) is 41.0 Å². The predicted octanol–water partition coefficient (Wildman–Crippen LogP) is 3.77. The molecule has 2 fully saturated rings. The molecule has 156 valence electrons. The van der Waals surface area contributed by atoms with Gasteiger partial charge in [-0.15, -0.1) is 11.3 Å². The van der Waals surface area contributed by atoms with Crippen LogP contribution < -0.4 is 5.32 Å². The number of nitrogens with one attached hydrogen (secondary N) is 1. The van der Waals surface area contributed by atoms with E-state index in [1.807, 2.05) is 0 Å². The molecular weight excluding hydrogens is 396 g/mol. The predicted molar refractivity (Wildman–Crippen MR) is 108 cm³/mol. The van der Waals surface area contributed by atoms with Crippen LogP contribution in [-0.2, 0) is 4.74 Å². The number of amides is 1. The quantitative estimate of drug-likeness (QED) is 0.799. The second-order valence-electron chi connectivity index (χ2n) is 7.78. The van der Waals surface area contributed by atoms with Crippen molar-refractivity contribution in [1.29, 1.82) is 0 Å². The van der Waals surface area contributed by atoms with Crippen LogP contribution in [0.4, 0.5) is 8.78 Å². The summed E-state index contributed by atoms with van der Waals surface area (Å²) in [4.78, 5) is 20.3. The van der Waals surface area contributed by atoms with Crippen LogP contribution in [0.15, 0.2) is 18.2 Å². The minimum atomic E-state index is -0.923. The standard InChI is InChI=1S/C21H25F2N3O2S/c1-14-18(29-20(25-14)15-4-5-16(22)17(23)12-15)19(27)24-13-21(6-10-28-11-7-21)26-8-2-3-9-26/h4-5,12H,2-3,6-11,13H2,1H3,(H,24,27). The molecular formula is C21H25F2N3O2S. The number of carbonyl (C=O) groups is 1. The first-order chi connectivity index (χ1) is 14.0. The van der Waals surface area contributed by atoms with Crippen molar-refractivity contribution in [2.45, 2.75) is 38.1 Å². The molecule has 4 rings (SSSR count). The highest BCUT2D eigenvalue weighted by atomic mass is 32.1. The number of carbonyl (C=O) groups excluding carboxylic acids is 1. The first-order valence-electron chi connectivity index (χ1n) is 10.0. The Bertz CT molecular complexity index is 890. The minimum absolute atomic E-state index is 0.0497. The van der Waals surface area contributed by atoms with E-state index in [9.17, 15) is 13.6 Å². The molecule has 8 heteroatoms. The van der Waals surface area contributed by atoms with E-state index in [1.165, 1.54) is 30.2 Å². The number of hydrogen-bond donors (Lipinski definition) is 1. The summed E-state index contributed by atoms with van der Waals surface area (Å²) >= 11 is 1.20. The molecule has 0 bridgehead atoms. The van der Waals surface area contributed by atoms with Gasteiger partial charge in [-0.05, 0) is 63.9 Å². The van der Waals surface area contributed by atoms with E-state index in [4.69, 9.17) is 4.74 Å². The van der Waals surface area contributed by atoms with Gasteiger partial charge in [0, 0.05) is 30.9 Å². The number of rotatable bonds is 5. The molecule has 0 spiro atoms. The maximum absolute atomic E-state index is 13.6. The van der Waals surface area contributed by atoms with E-state index in [-0.39, 0.29) is 11.4 Å². The van der Waals surface area contributed by atoms with Gasteiger partial charge in [0.05, 0.1) is 5.69 Å². The van der Waals surface area contributed by atoms with Gasteiger partial charge in [0.2, 0.25) is 0 Å². The Hall–Kier alpha value is -1.90. The van der Waals surface area contributed by atoms with Crippen molar-refractivity contribution in [3.05, 3.63) is 40.4 Å². The summed E-state index contributed by atoms with van der Waals surface area (Å²) in [5.41, 5.74) is 1.01. The van der Waals surface area contributed by atoms with Gasteiger partial charge in [0.25, 0.3) is 5.91 Å². The van der Waals surface area contributed by atoms with Gasteiger partial charge >= 0.3 is 0 Å². The number of aromatic nitrogens is 1. The summed E-state index contributed by atoms with van der Waals surface area (Å²) in [6.45, 7) is 5.90. The lowest BCUT2D eigenvalue weighted by atomic mass is 9.88. The molecule has 2 aliphatic rings. The number of likely N-dealkylation sites (tertiary alicyclic amines) is 1. The average molecular weight is 422 g/mol. The lowest BCUT2D eigenvalue weighted by Crippen LogP contribution is -2.57. The third kappa shape index (κ3) is 4.20. The van der Waals surface area contributed by atoms with Gasteiger partial charge in [-0.1, -0.05) is 0 Å². The van der Waals surface area contributed by atoms with Gasteiger partial charge in [-0.3, -0.25) is 9.69 Å². The first kappa shape index (κ1) is 20.4. The zero-order valence-corrected chi connectivity index (χ0v) is 17.3. The second-order valence-corrected chi connectivity index (χ2v) is 8.78. The number of thiazole rings is 1. The maximum atomic E-state index is 13.6. The average Bonchev–Trinajstić information content (AvgIpc) is 3.39. The summed E-state index contributed by atoms with van der Waals surface area (Å²) in [5, 5.41) is 3.62. The van der Waals surface area contributed by atoms with Gasteiger partial charge in [0.1, 0.15) is 9.88 Å². The number of benzene rings is 1. The normalized spacial score (nSPS) is 19.4. The van der Waals surface area contributed by atoms with Crippen LogP contribution in [-0.4, -0.2) is 54.2 Å². The van der Waals surface area contributed by atoms with Crippen molar-refractivity contribution in [1.82, 2.24) is 15.2 Å². The summed E-state index contributed by atoms with van der Waals surface area (Å²) in [6, 6.07) is 3.66. The summed E-state index contributed by atoms with van der Waals surface area (Å²) in [5.74, 6) is -1.99. The number of halogens is 2. The molecule has 2 aromatic rings. The molecule has 1 aromatic carbocycles. The molecule has 0 unspecified atom stereocenters. The largest absolute Gasteiger partial charge is 0.381 e. The van der Waals surface area contributed by atoms with Crippen LogP contribution >= 0.6 is 11.3 Å². The monoisotopic (exact) mass is 421 g/mol. The van der Waals surface area contributed by atoms with Crippen molar-refractivity contribution >= 4 is 17.2 Å². The van der Waals surface area contributed by atoms with Crippen molar-refractivity contribution in [2.24, 2.45) is 0 Å². The van der Waals surface area contributed by atoms with Crippen molar-refractivity contribution in [3.8, 4) is 10.6 Å². The SMILES string of the molecule is Cc1nc(-c2ccc(F)c(F)c2)sc1C(=O)NCC1(N2CCCC2)CCOCC1. The van der Waals surface area contributed by atoms with Gasteiger partial charge in [0.15, 0.2) is 11.6 Å². The van der Waals surface area contributed by atoms with E-state index in [1.54, 1.807) is 6.92 Å². The zero-order chi connectivity index (χ0) is 20.4. The zero-order valence-electron chi connectivity index (χ0n) is 16.5. The molecule has 1 amide bonds. The molecule has 0 aliphatic carbocycles. The van der Waals surface area contributed by atoms with Gasteiger partial charge < -0.3 is 10.1 Å². The molecule has 2 saturated heterocycles. The first-order valence-corrected chi connectivity index (χ1v) is 10.8. The molecule has 1 aromatic heterocycles. The van der Waals surface area contributed by atoms with Gasteiger partial charge in [-0.2, -0.15) is 0 Å². The summed E-state index contributed by atoms with van der Waals surface area (Å²) in [6.07, 6.45) is 4.22. The highest BCUT2D eigenvalue weighted by molar-refractivity contribution is 7.17. The Balaban J connectivity index is 1.49. The Morgan fingerprint density at radius 1 is 1.24 bits per heavy atom. The van der Waals surface area contributed by atoms with Crippen LogP contribution in [0.2, 0.25) is 0 Å². The molecule has 29 heavy (non-hydrogen) atoms. The fraction of sp³-hybridized carbons (Fsp3) is 0.524. The lowest BCUT2D eigenvalue weighted by molar-refractivity contribution is -0.0178. The molecule has 2 aliphatic heterocycles. The number of hydrogen-bond acceptors (Lipinski definition) is 5. The van der Waals surface area contributed by atoms with Gasteiger partial charge in [-0.25, -0.2) is 13.8 Å². The van der Waals surface area contributed by atoms with Crippen LogP contribution in [0.5, 0.6) is 0 Å². The smallest absolute Gasteiger partial charge is 0.263 e. The number of aryl methyl sites for hydroxylation is 1. The van der Waals surface area contributed by atoms with E-state index >= 15 is 0 Å². The van der Waals surface area contributed by atoms with E-state index in [0.717, 1.165) is 38.1 Å². The molecule has 5 nitrogen and oxygen atoms in total. The minimum Gasteiger partial charge on any atom is -0.381 e. The Kier molecular flexibility index (Phi) is 5.94. The number of nitrogens with zero attached hydrogens (tertiary/aromatic N) is 2. The van der Waals surface area contributed by atoms with Crippen LogP contribution in [0.3, 0.4) is 0 Å². The van der Waals surface area contributed by atoms with Crippen LogP contribution in [0.25, 0.3) is 10.6 Å². The summed E-state index contributed by atoms with van der Waals surface area (Å²) < 4.78 is 32.3. The van der Waals surface area contributed by atoms with Crippen molar-refractivity contribution < 1.29 is 18.3 Å². The van der Waals surface area contributed by atoms with E-state index < -0.39 is 11.6 Å². The number of ether oxygens (including phenoxy) is 1. The fourth-order valence-corrected chi connectivity index (χ4v) is 5.21. The Labute approximate surface area is 173 Å². The highest BCUT2D eigenvalue weighted by Gasteiger charge is 2.40. The maximum Gasteiger partial charge on any atom is 0.263 e. The molecule has 0 radical (unpaired) electrons. The lowest BCUT2D eigenvalue weighted by Gasteiger charge is -2.44. The fourth-order valence-electron chi connectivity index (χ4n) is 4.23. The Morgan fingerprint density at radius 3 is 2.66 bits per heavy atom. The Morgan fingerprint density at radius 2 is 1.97 bits per heavy atom. The van der Waals surface area contributed by atoms with E-state index in [2.05, 4.69) is 15.2 Å². The third-order valence-electron chi connectivity index (χ3n) is 5.95. The summed E-state index contributed by atoms with van der Waals surface area (Å²) in [7, 11) is 0. The molecule has 0 saturated carbocycles. The van der Waals surface area contributed by atoms with Crippen molar-refractivity contribution in [3.63, 3.8) is 0 Å². The molecule has 1 N–H and O–H groups in total. The molecule has 0 atom stereocenters. The van der Waals surface area contributed by atoms with E-state index in [0.29, 0.717) is 40.9 Å². The highest BCUT2D eigenvalue weighted by Crippen LogP contribution is 2.32. The van der Waals surface area contributed by atoms with Crippen molar-refractivity contribution in [2.75, 3.05) is 32.8 Å². The topological polar surface area (TPSA) is 54.5 Å². The third-order valence-corrected chi connectivity index (χ3v) is 7.15.